The molecular formula is C19H17ClN4O6. The topological polar surface area (TPSA) is 137 Å². The fraction of sp³-hybridized carbons (Fsp3) is 0.211. The van der Waals surface area contributed by atoms with E-state index < -0.39 is 24.5 Å². The highest BCUT2D eigenvalue weighted by Crippen LogP contribution is 2.19. The van der Waals surface area contributed by atoms with Gasteiger partial charge in [-0.05, 0) is 36.4 Å². The molecule has 0 atom stereocenters. The molecular weight excluding hydrogens is 416 g/mol. The lowest BCUT2D eigenvalue weighted by molar-refractivity contribution is -0.148. The van der Waals surface area contributed by atoms with E-state index in [2.05, 4.69) is 15.5 Å². The number of esters is 1. The van der Waals surface area contributed by atoms with E-state index >= 15 is 0 Å². The predicted octanol–water partition coefficient (Wildman–Crippen LogP) is 2.48. The summed E-state index contributed by atoms with van der Waals surface area (Å²) in [5.74, 6) is -0.256. The van der Waals surface area contributed by atoms with Crippen molar-refractivity contribution in [1.29, 1.82) is 0 Å². The second-order valence-corrected chi connectivity index (χ2v) is 6.43. The van der Waals surface area contributed by atoms with E-state index in [1.165, 1.54) is 6.26 Å². The van der Waals surface area contributed by atoms with Gasteiger partial charge in [-0.3, -0.25) is 14.9 Å². The first-order valence-electron chi connectivity index (χ1n) is 8.84. The van der Waals surface area contributed by atoms with Crippen LogP contribution in [0.1, 0.15) is 18.1 Å². The number of aromatic nitrogens is 2. The van der Waals surface area contributed by atoms with Crippen molar-refractivity contribution in [1.82, 2.24) is 20.8 Å². The maximum absolute atomic E-state index is 11.8. The number of imide groups is 1. The molecule has 0 aliphatic rings. The molecule has 0 unspecified atom stereocenters. The maximum Gasteiger partial charge on any atom is 0.321 e. The quantitative estimate of drug-likeness (QED) is 0.518. The summed E-state index contributed by atoms with van der Waals surface area (Å²) in [5.41, 5.74) is 0.721. The van der Waals surface area contributed by atoms with Crippen molar-refractivity contribution < 1.29 is 28.1 Å². The Hall–Kier alpha value is -3.66. The molecule has 3 aromatic rings. The van der Waals surface area contributed by atoms with Gasteiger partial charge in [0.25, 0.3) is 5.91 Å². The number of furan rings is 1. The molecule has 0 aliphatic carbocycles. The average Bonchev–Trinajstić information content (AvgIpc) is 3.42. The van der Waals surface area contributed by atoms with Gasteiger partial charge in [-0.2, -0.15) is 4.98 Å². The van der Waals surface area contributed by atoms with Crippen molar-refractivity contribution in [2.24, 2.45) is 0 Å². The summed E-state index contributed by atoms with van der Waals surface area (Å²) in [4.78, 5) is 39.2. The third-order valence-electron chi connectivity index (χ3n) is 3.73. The normalized spacial score (nSPS) is 10.4. The molecule has 0 aliphatic heterocycles. The molecule has 1 aromatic carbocycles. The van der Waals surface area contributed by atoms with Crippen LogP contribution in [-0.4, -0.2) is 34.7 Å². The van der Waals surface area contributed by atoms with Crippen LogP contribution in [0.5, 0.6) is 0 Å². The first-order valence-corrected chi connectivity index (χ1v) is 9.21. The Bertz CT molecular complexity index is 1000. The number of amides is 3. The number of halogens is 1. The minimum atomic E-state index is -0.761. The van der Waals surface area contributed by atoms with Crippen LogP contribution in [0.3, 0.4) is 0 Å². The highest BCUT2D eigenvalue weighted by molar-refractivity contribution is 6.30. The van der Waals surface area contributed by atoms with E-state index in [1.54, 1.807) is 36.4 Å². The largest absolute Gasteiger partial charge is 0.467 e. The summed E-state index contributed by atoms with van der Waals surface area (Å²) in [6, 6.07) is 9.51. The molecule has 3 amide bonds. The predicted molar refractivity (Wildman–Crippen MR) is 103 cm³/mol. The van der Waals surface area contributed by atoms with Crippen molar-refractivity contribution in [2.45, 2.75) is 19.4 Å². The summed E-state index contributed by atoms with van der Waals surface area (Å²) < 4.78 is 15.0. The number of ether oxygens (including phenoxy) is 1. The van der Waals surface area contributed by atoms with Crippen LogP contribution < -0.4 is 10.6 Å². The molecule has 30 heavy (non-hydrogen) atoms. The lowest BCUT2D eigenvalue weighted by Gasteiger charge is -2.06. The zero-order chi connectivity index (χ0) is 21.3. The highest BCUT2D eigenvalue weighted by atomic mass is 35.5. The maximum atomic E-state index is 11.8. The van der Waals surface area contributed by atoms with Gasteiger partial charge in [-0.25, -0.2) is 4.79 Å². The fourth-order valence-electron chi connectivity index (χ4n) is 2.29. The van der Waals surface area contributed by atoms with Crippen LogP contribution in [0, 0.1) is 0 Å². The average molecular weight is 433 g/mol. The van der Waals surface area contributed by atoms with E-state index in [0.29, 0.717) is 16.6 Å². The van der Waals surface area contributed by atoms with Gasteiger partial charge in [0.05, 0.1) is 19.2 Å². The third kappa shape index (κ3) is 6.45. The third-order valence-corrected chi connectivity index (χ3v) is 3.99. The molecule has 10 nitrogen and oxygen atoms in total. The van der Waals surface area contributed by atoms with Crippen molar-refractivity contribution in [3.63, 3.8) is 0 Å². The first-order chi connectivity index (χ1) is 14.5. The van der Waals surface area contributed by atoms with Crippen molar-refractivity contribution in [3.05, 3.63) is 59.3 Å². The van der Waals surface area contributed by atoms with Crippen LogP contribution in [0.2, 0.25) is 5.02 Å². The molecule has 0 radical (unpaired) electrons. The van der Waals surface area contributed by atoms with Gasteiger partial charge in [0, 0.05) is 17.0 Å². The number of rotatable bonds is 8. The first kappa shape index (κ1) is 21.1. The Morgan fingerprint density at radius 1 is 1.13 bits per heavy atom. The monoisotopic (exact) mass is 432 g/mol. The minimum Gasteiger partial charge on any atom is -0.467 e. The number of hydrogen-bond donors (Lipinski definition) is 2. The highest BCUT2D eigenvalue weighted by Gasteiger charge is 2.14. The molecule has 2 N–H and O–H groups in total. The second-order valence-electron chi connectivity index (χ2n) is 5.99. The Kier molecular flexibility index (Phi) is 7.17. The van der Waals surface area contributed by atoms with Gasteiger partial charge in [0.2, 0.25) is 11.7 Å². The van der Waals surface area contributed by atoms with Gasteiger partial charge in [-0.15, -0.1) is 0 Å². The fourth-order valence-corrected chi connectivity index (χ4v) is 2.41. The molecule has 0 spiro atoms. The number of nitrogens with one attached hydrogen (secondary N) is 2. The SMILES string of the molecule is O=C(COC(=O)CCc1nc(-c2ccc(Cl)cc2)no1)NC(=O)NCc1ccco1. The van der Waals surface area contributed by atoms with Crippen molar-refractivity contribution in [3.8, 4) is 11.4 Å². The van der Waals surface area contributed by atoms with Crippen molar-refractivity contribution in [2.75, 3.05) is 6.61 Å². The van der Waals surface area contributed by atoms with Crippen LogP contribution in [0.15, 0.2) is 51.6 Å². The lowest BCUT2D eigenvalue weighted by atomic mass is 10.2. The second kappa shape index (κ2) is 10.2. The Morgan fingerprint density at radius 3 is 2.67 bits per heavy atom. The zero-order valence-corrected chi connectivity index (χ0v) is 16.3. The number of hydrogen-bond acceptors (Lipinski definition) is 8. The van der Waals surface area contributed by atoms with Crippen LogP contribution in [0.4, 0.5) is 4.79 Å². The summed E-state index contributed by atoms with van der Waals surface area (Å²) in [6.07, 6.45) is 1.54. The van der Waals surface area contributed by atoms with Gasteiger partial charge in [0.1, 0.15) is 5.76 Å². The summed E-state index contributed by atoms with van der Waals surface area (Å²) in [5, 5.41) is 8.90. The van der Waals surface area contributed by atoms with Gasteiger partial charge >= 0.3 is 12.0 Å². The van der Waals surface area contributed by atoms with Crippen molar-refractivity contribution >= 4 is 29.5 Å². The Morgan fingerprint density at radius 2 is 1.93 bits per heavy atom. The van der Waals surface area contributed by atoms with Crippen LogP contribution in [0.25, 0.3) is 11.4 Å². The molecule has 2 heterocycles. The number of benzene rings is 1. The lowest BCUT2D eigenvalue weighted by Crippen LogP contribution is -2.41. The van der Waals surface area contributed by atoms with E-state index in [-0.39, 0.29) is 25.3 Å². The van der Waals surface area contributed by atoms with Crippen LogP contribution in [-0.2, 0) is 27.3 Å². The number of nitrogens with zero attached hydrogens (tertiary/aromatic N) is 2. The van der Waals surface area contributed by atoms with Gasteiger partial charge in [-0.1, -0.05) is 16.8 Å². The molecule has 2 aromatic heterocycles. The van der Waals surface area contributed by atoms with Gasteiger partial charge < -0.3 is 19.0 Å². The van der Waals surface area contributed by atoms with E-state index in [9.17, 15) is 14.4 Å². The number of aryl methyl sites for hydroxylation is 1. The van der Waals surface area contributed by atoms with E-state index in [1.807, 2.05) is 5.32 Å². The van der Waals surface area contributed by atoms with Gasteiger partial charge in [0.15, 0.2) is 6.61 Å². The summed E-state index contributed by atoms with van der Waals surface area (Å²) >= 11 is 5.84. The Balaban J connectivity index is 1.35. The standard InChI is InChI=1S/C19H17ClN4O6/c20-13-5-3-12(4-6-13)18-23-16(30-24-18)7-8-17(26)29-11-15(25)22-19(27)21-10-14-2-1-9-28-14/h1-6,9H,7-8,10-11H2,(H2,21,22,25,27). The molecule has 3 rings (SSSR count). The molecule has 0 bridgehead atoms. The summed E-state index contributed by atoms with van der Waals surface area (Å²) in [6.45, 7) is -0.471. The minimum absolute atomic E-state index is 0.0692. The van der Waals surface area contributed by atoms with E-state index in [0.717, 1.165) is 5.56 Å². The summed E-state index contributed by atoms with van der Waals surface area (Å²) in [7, 11) is 0. The Labute approximate surface area is 175 Å². The number of urea groups is 1. The molecule has 0 fully saturated rings. The smallest absolute Gasteiger partial charge is 0.321 e. The molecule has 0 saturated carbocycles. The molecule has 11 heteroatoms. The zero-order valence-electron chi connectivity index (χ0n) is 15.6. The van der Waals surface area contributed by atoms with Crippen LogP contribution >= 0.6 is 11.6 Å². The number of carbonyl (C=O) groups excluding carboxylic acids is 3. The molecule has 0 saturated heterocycles. The molecule has 156 valence electrons. The number of carbonyl (C=O) groups is 3. The van der Waals surface area contributed by atoms with E-state index in [4.69, 9.17) is 25.3 Å².